The lowest BCUT2D eigenvalue weighted by Crippen LogP contribution is -2.17. The van der Waals surface area contributed by atoms with E-state index in [0.29, 0.717) is 5.13 Å². The molecule has 1 aromatic heterocycles. The molecule has 18 heavy (non-hydrogen) atoms. The van der Waals surface area contributed by atoms with Crippen LogP contribution in [-0.2, 0) is 4.79 Å². The van der Waals surface area contributed by atoms with Crippen molar-refractivity contribution in [3.63, 3.8) is 0 Å². The van der Waals surface area contributed by atoms with Crippen LogP contribution in [0.5, 0.6) is 0 Å². The number of benzene rings is 1. The summed E-state index contributed by atoms with van der Waals surface area (Å²) in [6.07, 6.45) is 0. The number of thiazole rings is 1. The Balaban J connectivity index is 2.15. The molecular formula is C14H16N2OS. The summed E-state index contributed by atoms with van der Waals surface area (Å²) in [6.45, 7) is 5.78. The molecule has 3 nitrogen and oxygen atoms in total. The number of nitrogens with one attached hydrogen (secondary N) is 1. The first-order valence-corrected chi connectivity index (χ1v) is 6.77. The number of hydrogen-bond acceptors (Lipinski definition) is 3. The van der Waals surface area contributed by atoms with Crippen molar-refractivity contribution < 1.29 is 4.79 Å². The number of amides is 1. The van der Waals surface area contributed by atoms with Crippen LogP contribution in [0.15, 0.2) is 29.6 Å². The lowest BCUT2D eigenvalue weighted by Gasteiger charge is -2.03. The largest absolute Gasteiger partial charge is 0.302 e. The molecule has 0 fully saturated rings. The molecule has 0 radical (unpaired) electrons. The molecule has 0 aliphatic heterocycles. The molecule has 94 valence electrons. The number of carbonyl (C=O) groups excluding carboxylic acids is 1. The molecule has 0 saturated heterocycles. The second-order valence-corrected chi connectivity index (χ2v) is 5.41. The summed E-state index contributed by atoms with van der Waals surface area (Å²) in [4.78, 5) is 16.0. The number of nitrogens with zero attached hydrogens (tertiary/aromatic N) is 1. The SMILES string of the molecule is Cc1ccc(-c2csc(NC(=O)C(C)C)n2)cc1. The Morgan fingerprint density at radius 1 is 1.28 bits per heavy atom. The highest BCUT2D eigenvalue weighted by Crippen LogP contribution is 2.25. The van der Waals surface area contributed by atoms with Crippen LogP contribution >= 0.6 is 11.3 Å². The molecule has 2 rings (SSSR count). The zero-order chi connectivity index (χ0) is 13.1. The van der Waals surface area contributed by atoms with Gasteiger partial charge in [-0.2, -0.15) is 0 Å². The van der Waals surface area contributed by atoms with Crippen LogP contribution in [0.1, 0.15) is 19.4 Å². The van der Waals surface area contributed by atoms with Crippen molar-refractivity contribution in [1.82, 2.24) is 4.98 Å². The molecule has 0 spiro atoms. The van der Waals surface area contributed by atoms with Gasteiger partial charge in [-0.05, 0) is 6.92 Å². The first kappa shape index (κ1) is 12.8. The van der Waals surface area contributed by atoms with Crippen molar-refractivity contribution in [2.45, 2.75) is 20.8 Å². The molecule has 2 aromatic rings. The summed E-state index contributed by atoms with van der Waals surface area (Å²) >= 11 is 1.45. The first-order valence-electron chi connectivity index (χ1n) is 5.89. The Hall–Kier alpha value is -1.68. The monoisotopic (exact) mass is 260 g/mol. The quantitative estimate of drug-likeness (QED) is 0.914. The van der Waals surface area contributed by atoms with Crippen LogP contribution in [0, 0.1) is 12.8 Å². The highest BCUT2D eigenvalue weighted by Gasteiger charge is 2.10. The first-order chi connectivity index (χ1) is 8.56. The van der Waals surface area contributed by atoms with E-state index in [1.807, 2.05) is 31.4 Å². The molecule has 4 heteroatoms. The minimum absolute atomic E-state index is 0.000180. The van der Waals surface area contributed by atoms with Gasteiger partial charge < -0.3 is 5.32 Å². The number of aryl methyl sites for hydroxylation is 1. The summed E-state index contributed by atoms with van der Waals surface area (Å²) in [5.41, 5.74) is 3.20. The summed E-state index contributed by atoms with van der Waals surface area (Å²) in [5.74, 6) is -0.0310. The van der Waals surface area contributed by atoms with E-state index in [1.165, 1.54) is 16.9 Å². The fourth-order valence-corrected chi connectivity index (χ4v) is 2.16. The smallest absolute Gasteiger partial charge is 0.228 e. The average Bonchev–Trinajstić information content (AvgIpc) is 2.78. The topological polar surface area (TPSA) is 42.0 Å². The van der Waals surface area contributed by atoms with E-state index < -0.39 is 0 Å². The summed E-state index contributed by atoms with van der Waals surface area (Å²) < 4.78 is 0. The molecule has 0 aliphatic rings. The Morgan fingerprint density at radius 2 is 1.94 bits per heavy atom. The van der Waals surface area contributed by atoms with Gasteiger partial charge in [-0.15, -0.1) is 11.3 Å². The van der Waals surface area contributed by atoms with Gasteiger partial charge in [0.2, 0.25) is 5.91 Å². The minimum atomic E-state index is -0.0308. The van der Waals surface area contributed by atoms with Crippen molar-refractivity contribution >= 4 is 22.4 Å². The maximum atomic E-state index is 11.6. The van der Waals surface area contributed by atoms with Crippen LogP contribution in [0.3, 0.4) is 0 Å². The highest BCUT2D eigenvalue weighted by atomic mass is 32.1. The van der Waals surface area contributed by atoms with Gasteiger partial charge in [0.15, 0.2) is 5.13 Å². The molecular weight excluding hydrogens is 244 g/mol. The fourth-order valence-electron chi connectivity index (χ4n) is 1.44. The third-order valence-electron chi connectivity index (χ3n) is 2.61. The highest BCUT2D eigenvalue weighted by molar-refractivity contribution is 7.14. The summed E-state index contributed by atoms with van der Waals surface area (Å²) in [5, 5.41) is 5.43. The van der Waals surface area contributed by atoms with Gasteiger partial charge in [-0.25, -0.2) is 4.98 Å². The van der Waals surface area contributed by atoms with Gasteiger partial charge in [0, 0.05) is 16.9 Å². The number of rotatable bonds is 3. The Morgan fingerprint density at radius 3 is 2.56 bits per heavy atom. The van der Waals surface area contributed by atoms with E-state index in [4.69, 9.17) is 0 Å². The van der Waals surface area contributed by atoms with Crippen molar-refractivity contribution in [3.8, 4) is 11.3 Å². The second-order valence-electron chi connectivity index (χ2n) is 4.55. The number of aromatic nitrogens is 1. The van der Waals surface area contributed by atoms with Gasteiger partial charge in [0.05, 0.1) is 5.69 Å². The van der Waals surface area contributed by atoms with Gasteiger partial charge in [0.1, 0.15) is 0 Å². The summed E-state index contributed by atoms with van der Waals surface area (Å²) in [7, 11) is 0. The van der Waals surface area contributed by atoms with Gasteiger partial charge in [-0.3, -0.25) is 4.79 Å². The van der Waals surface area contributed by atoms with E-state index in [2.05, 4.69) is 29.4 Å². The fraction of sp³-hybridized carbons (Fsp3) is 0.286. The molecule has 0 atom stereocenters. The maximum absolute atomic E-state index is 11.6. The lowest BCUT2D eigenvalue weighted by molar-refractivity contribution is -0.118. The molecule has 0 bridgehead atoms. The van der Waals surface area contributed by atoms with E-state index in [1.54, 1.807) is 0 Å². The third kappa shape index (κ3) is 2.96. The Kier molecular flexibility index (Phi) is 3.77. The molecule has 0 saturated carbocycles. The summed E-state index contributed by atoms with van der Waals surface area (Å²) in [6, 6.07) is 8.19. The number of anilines is 1. The van der Waals surface area contributed by atoms with Crippen LogP contribution in [-0.4, -0.2) is 10.9 Å². The molecule has 1 N–H and O–H groups in total. The minimum Gasteiger partial charge on any atom is -0.302 e. The van der Waals surface area contributed by atoms with E-state index in [9.17, 15) is 4.79 Å². The Labute approximate surface area is 111 Å². The van der Waals surface area contributed by atoms with Gasteiger partial charge >= 0.3 is 0 Å². The van der Waals surface area contributed by atoms with Crippen molar-refractivity contribution in [2.75, 3.05) is 5.32 Å². The zero-order valence-electron chi connectivity index (χ0n) is 10.7. The number of hydrogen-bond donors (Lipinski definition) is 1. The maximum Gasteiger partial charge on any atom is 0.228 e. The number of carbonyl (C=O) groups is 1. The van der Waals surface area contributed by atoms with E-state index in [-0.39, 0.29) is 11.8 Å². The predicted molar refractivity (Wildman–Crippen MR) is 75.8 cm³/mol. The molecule has 1 heterocycles. The van der Waals surface area contributed by atoms with Gasteiger partial charge in [-0.1, -0.05) is 43.7 Å². The van der Waals surface area contributed by atoms with Crippen molar-refractivity contribution in [1.29, 1.82) is 0 Å². The van der Waals surface area contributed by atoms with Crippen LogP contribution in [0.2, 0.25) is 0 Å². The predicted octanol–water partition coefficient (Wildman–Crippen LogP) is 3.71. The van der Waals surface area contributed by atoms with Crippen molar-refractivity contribution in [2.24, 2.45) is 5.92 Å². The molecule has 0 unspecified atom stereocenters. The van der Waals surface area contributed by atoms with Crippen LogP contribution in [0.4, 0.5) is 5.13 Å². The van der Waals surface area contributed by atoms with E-state index in [0.717, 1.165) is 11.3 Å². The second kappa shape index (κ2) is 5.31. The lowest BCUT2D eigenvalue weighted by atomic mass is 10.1. The molecule has 1 amide bonds. The van der Waals surface area contributed by atoms with Gasteiger partial charge in [0.25, 0.3) is 0 Å². The standard InChI is InChI=1S/C14H16N2OS/c1-9(2)13(17)16-14-15-12(8-18-14)11-6-4-10(3)5-7-11/h4-9H,1-3H3,(H,15,16,17). The zero-order valence-corrected chi connectivity index (χ0v) is 11.5. The van der Waals surface area contributed by atoms with E-state index >= 15 is 0 Å². The normalized spacial score (nSPS) is 10.7. The molecule has 0 aliphatic carbocycles. The average molecular weight is 260 g/mol. The van der Waals surface area contributed by atoms with Crippen LogP contribution < -0.4 is 5.32 Å². The van der Waals surface area contributed by atoms with Crippen molar-refractivity contribution in [3.05, 3.63) is 35.2 Å². The Bertz CT molecular complexity index is 543. The molecule has 1 aromatic carbocycles. The third-order valence-corrected chi connectivity index (χ3v) is 3.36. The van der Waals surface area contributed by atoms with Crippen LogP contribution in [0.25, 0.3) is 11.3 Å².